The van der Waals surface area contributed by atoms with Gasteiger partial charge in [-0.1, -0.05) is 0 Å². The average Bonchev–Trinajstić information content (AvgIpc) is 2.79. The molecule has 1 amide bonds. The number of hydrogen-bond donors (Lipinski definition) is 2. The zero-order chi connectivity index (χ0) is 26.1. The first kappa shape index (κ1) is 30.4. The summed E-state index contributed by atoms with van der Waals surface area (Å²) in [5.41, 5.74) is -0.397. The second kappa shape index (κ2) is 13.6. The maximum absolute atomic E-state index is 13.2. The molecule has 0 aliphatic carbocycles. The van der Waals surface area contributed by atoms with E-state index >= 15 is 0 Å². The zero-order valence-corrected chi connectivity index (χ0v) is 23.4. The Labute approximate surface area is 212 Å². The molecular formula is C24H48N4O6S. The van der Waals surface area contributed by atoms with Gasteiger partial charge in [-0.3, -0.25) is 4.79 Å². The minimum absolute atomic E-state index is 0.00189. The summed E-state index contributed by atoms with van der Waals surface area (Å²) in [5, 5.41) is 6.91. The first-order valence-corrected chi connectivity index (χ1v) is 14.4. The lowest BCUT2D eigenvalue weighted by atomic mass is 10.0. The van der Waals surface area contributed by atoms with Crippen molar-refractivity contribution in [3.8, 4) is 0 Å². The van der Waals surface area contributed by atoms with E-state index < -0.39 is 10.0 Å². The topological polar surface area (TPSA) is 109 Å². The molecule has 0 aromatic heterocycles. The van der Waals surface area contributed by atoms with Crippen molar-refractivity contribution in [1.82, 2.24) is 19.8 Å². The van der Waals surface area contributed by atoms with Gasteiger partial charge in [0.2, 0.25) is 15.9 Å². The third-order valence-corrected chi connectivity index (χ3v) is 8.36. The SMILES string of the molecule is COCC(=O)N1CCO[C@H](CCCNC(C)(C)CCS(=O)(=O)N2CCOC[C@@H]2CNC(C)(C)C)C1. The van der Waals surface area contributed by atoms with Gasteiger partial charge in [0.25, 0.3) is 0 Å². The number of hydrogen-bond acceptors (Lipinski definition) is 8. The fourth-order valence-corrected chi connectivity index (χ4v) is 6.22. The van der Waals surface area contributed by atoms with Crippen LogP contribution in [-0.2, 0) is 29.0 Å². The van der Waals surface area contributed by atoms with E-state index in [1.807, 2.05) is 13.8 Å². The molecule has 2 aliphatic rings. The van der Waals surface area contributed by atoms with E-state index in [4.69, 9.17) is 14.2 Å². The molecule has 2 aliphatic heterocycles. The summed E-state index contributed by atoms with van der Waals surface area (Å²) in [6, 6.07) is -0.185. The number of morpholine rings is 2. The summed E-state index contributed by atoms with van der Waals surface area (Å²) in [6.07, 6.45) is 2.27. The summed E-state index contributed by atoms with van der Waals surface area (Å²) in [4.78, 5) is 13.8. The molecule has 11 heteroatoms. The van der Waals surface area contributed by atoms with Crippen molar-refractivity contribution >= 4 is 15.9 Å². The van der Waals surface area contributed by atoms with Gasteiger partial charge in [-0.2, -0.15) is 4.31 Å². The standard InChI is InChI=1S/C24H48N4O6S/c1-23(2,3)26-16-20-18-33-13-12-28(20)35(30,31)15-9-24(4,5)25-10-7-8-21-17-27(11-14-34-21)22(29)19-32-6/h20-21,25-26H,7-19H2,1-6H3/t20-,21+/m0/s1. The van der Waals surface area contributed by atoms with Crippen LogP contribution < -0.4 is 10.6 Å². The average molecular weight is 521 g/mol. The van der Waals surface area contributed by atoms with Crippen molar-refractivity contribution in [3.63, 3.8) is 0 Å². The Morgan fingerprint density at radius 3 is 2.54 bits per heavy atom. The predicted octanol–water partition coefficient (Wildman–Crippen LogP) is 0.817. The van der Waals surface area contributed by atoms with E-state index in [0.717, 1.165) is 19.4 Å². The highest BCUT2D eigenvalue weighted by Gasteiger charge is 2.34. The highest BCUT2D eigenvalue weighted by molar-refractivity contribution is 7.89. The van der Waals surface area contributed by atoms with Crippen LogP contribution in [0.1, 0.15) is 53.9 Å². The van der Waals surface area contributed by atoms with Crippen LogP contribution in [0.5, 0.6) is 0 Å². The van der Waals surface area contributed by atoms with Crippen LogP contribution in [0.15, 0.2) is 0 Å². The van der Waals surface area contributed by atoms with E-state index in [1.165, 1.54) is 7.11 Å². The fraction of sp³-hybridized carbons (Fsp3) is 0.958. The smallest absolute Gasteiger partial charge is 0.248 e. The number of nitrogens with one attached hydrogen (secondary N) is 2. The Balaban J connectivity index is 1.76. The molecule has 10 nitrogen and oxygen atoms in total. The monoisotopic (exact) mass is 520 g/mol. The molecule has 35 heavy (non-hydrogen) atoms. The number of ether oxygens (including phenoxy) is 3. The molecule has 0 aromatic rings. The molecule has 0 aromatic carbocycles. The Morgan fingerprint density at radius 2 is 1.86 bits per heavy atom. The Hall–Kier alpha value is -0.820. The van der Waals surface area contributed by atoms with Crippen LogP contribution in [0.3, 0.4) is 0 Å². The van der Waals surface area contributed by atoms with Gasteiger partial charge in [-0.15, -0.1) is 0 Å². The number of sulfonamides is 1. The first-order chi connectivity index (χ1) is 16.3. The van der Waals surface area contributed by atoms with Gasteiger partial charge in [0.15, 0.2) is 0 Å². The molecule has 0 unspecified atom stereocenters. The molecule has 0 spiro atoms. The van der Waals surface area contributed by atoms with E-state index in [2.05, 4.69) is 31.4 Å². The summed E-state index contributed by atoms with van der Waals surface area (Å²) < 4.78 is 44.3. The zero-order valence-electron chi connectivity index (χ0n) is 22.6. The van der Waals surface area contributed by atoms with Crippen molar-refractivity contribution < 1.29 is 27.4 Å². The number of carbonyl (C=O) groups excluding carboxylic acids is 1. The molecule has 0 saturated carbocycles. The molecule has 2 heterocycles. The lowest BCUT2D eigenvalue weighted by Gasteiger charge is -2.37. The number of methoxy groups -OCH3 is 1. The van der Waals surface area contributed by atoms with Crippen LogP contribution in [0.25, 0.3) is 0 Å². The van der Waals surface area contributed by atoms with Crippen molar-refractivity contribution in [2.45, 2.75) is 77.1 Å². The van der Waals surface area contributed by atoms with Gasteiger partial charge < -0.3 is 29.7 Å². The minimum atomic E-state index is -3.39. The maximum atomic E-state index is 13.2. The Bertz CT molecular complexity index is 756. The third-order valence-electron chi connectivity index (χ3n) is 6.45. The number of rotatable bonds is 13. The number of carbonyl (C=O) groups is 1. The molecule has 2 atom stereocenters. The summed E-state index contributed by atoms with van der Waals surface area (Å²) in [5.74, 6) is 0.0966. The van der Waals surface area contributed by atoms with Crippen molar-refractivity contribution in [2.24, 2.45) is 0 Å². The van der Waals surface area contributed by atoms with E-state index in [1.54, 1.807) is 9.21 Å². The molecule has 206 valence electrons. The lowest BCUT2D eigenvalue weighted by molar-refractivity contribution is -0.142. The van der Waals surface area contributed by atoms with E-state index in [9.17, 15) is 13.2 Å². The van der Waals surface area contributed by atoms with Crippen molar-refractivity contribution in [3.05, 3.63) is 0 Å². The summed E-state index contributed by atoms with van der Waals surface area (Å²) >= 11 is 0. The third kappa shape index (κ3) is 11.0. The van der Waals surface area contributed by atoms with Gasteiger partial charge in [-0.25, -0.2) is 8.42 Å². The normalized spacial score (nSPS) is 23.0. The molecule has 2 rings (SSSR count). The van der Waals surface area contributed by atoms with Crippen LogP contribution in [-0.4, -0.2) is 119 Å². The minimum Gasteiger partial charge on any atom is -0.378 e. The van der Waals surface area contributed by atoms with Gasteiger partial charge in [0.05, 0.1) is 37.7 Å². The number of nitrogens with zero attached hydrogens (tertiary/aromatic N) is 2. The molecule has 0 radical (unpaired) electrons. The van der Waals surface area contributed by atoms with Gasteiger partial charge in [0.1, 0.15) is 6.61 Å². The summed E-state index contributed by atoms with van der Waals surface area (Å²) in [7, 11) is -1.87. The van der Waals surface area contributed by atoms with Crippen LogP contribution in [0.4, 0.5) is 0 Å². The second-order valence-corrected chi connectivity index (χ2v) is 13.3. The first-order valence-electron chi connectivity index (χ1n) is 12.8. The highest BCUT2D eigenvalue weighted by atomic mass is 32.2. The van der Waals surface area contributed by atoms with Crippen molar-refractivity contribution in [2.75, 3.05) is 72.0 Å². The molecular weight excluding hydrogens is 472 g/mol. The highest BCUT2D eigenvalue weighted by Crippen LogP contribution is 2.18. The van der Waals surface area contributed by atoms with Crippen LogP contribution >= 0.6 is 0 Å². The number of amides is 1. The molecule has 2 fully saturated rings. The van der Waals surface area contributed by atoms with Gasteiger partial charge in [0, 0.05) is 44.4 Å². The largest absolute Gasteiger partial charge is 0.378 e. The fourth-order valence-electron chi connectivity index (χ4n) is 4.27. The van der Waals surface area contributed by atoms with Gasteiger partial charge >= 0.3 is 0 Å². The van der Waals surface area contributed by atoms with Crippen LogP contribution in [0, 0.1) is 0 Å². The Kier molecular flexibility index (Phi) is 11.9. The summed E-state index contributed by atoms with van der Waals surface area (Å²) in [6.45, 7) is 14.7. The molecule has 2 saturated heterocycles. The second-order valence-electron chi connectivity index (χ2n) is 11.3. The van der Waals surface area contributed by atoms with Gasteiger partial charge in [-0.05, 0) is 60.4 Å². The lowest BCUT2D eigenvalue weighted by Crippen LogP contribution is -2.56. The Morgan fingerprint density at radius 1 is 1.11 bits per heavy atom. The predicted molar refractivity (Wildman–Crippen MR) is 137 cm³/mol. The van der Waals surface area contributed by atoms with Crippen LogP contribution in [0.2, 0.25) is 0 Å². The molecule has 0 bridgehead atoms. The van der Waals surface area contributed by atoms with E-state index in [0.29, 0.717) is 52.4 Å². The van der Waals surface area contributed by atoms with Crippen molar-refractivity contribution in [1.29, 1.82) is 0 Å². The molecule has 2 N–H and O–H groups in total. The maximum Gasteiger partial charge on any atom is 0.248 e. The quantitative estimate of drug-likeness (QED) is 0.344. The van der Waals surface area contributed by atoms with E-state index in [-0.39, 0.29) is 41.5 Å².